The van der Waals surface area contributed by atoms with Crippen molar-refractivity contribution in [2.75, 3.05) is 0 Å². The fourth-order valence-corrected chi connectivity index (χ4v) is 4.81. The van der Waals surface area contributed by atoms with Gasteiger partial charge in [0.2, 0.25) is 0 Å². The Hall–Kier alpha value is -1.14. The summed E-state index contributed by atoms with van der Waals surface area (Å²) in [6, 6.07) is 11.4. The van der Waals surface area contributed by atoms with Gasteiger partial charge in [-0.3, -0.25) is 4.79 Å². The van der Waals surface area contributed by atoms with Gasteiger partial charge in [-0.25, -0.2) is 0 Å². The zero-order chi connectivity index (χ0) is 16.1. The van der Waals surface area contributed by atoms with Gasteiger partial charge >= 0.3 is 0 Å². The largest absolute Gasteiger partial charge is 0.543 e. The fourth-order valence-electron chi connectivity index (χ4n) is 2.04. The van der Waals surface area contributed by atoms with Crippen molar-refractivity contribution < 1.29 is 9.22 Å². The van der Waals surface area contributed by atoms with E-state index in [2.05, 4.69) is 50.9 Å². The van der Waals surface area contributed by atoms with Crippen molar-refractivity contribution in [3.05, 3.63) is 42.2 Å². The predicted molar refractivity (Wildman–Crippen MR) is 96.2 cm³/mol. The summed E-state index contributed by atoms with van der Waals surface area (Å²) in [5.74, 6) is 1.03. The number of benzene rings is 1. The highest BCUT2D eigenvalue weighted by molar-refractivity contribution is 6.84. The molecule has 0 fully saturated rings. The number of rotatable bonds is 7. The molecule has 4 heteroatoms. The van der Waals surface area contributed by atoms with Gasteiger partial charge in [-0.15, -0.1) is 0 Å². The highest BCUT2D eigenvalue weighted by Gasteiger charge is 2.28. The topological polar surface area (TPSA) is 26.3 Å². The van der Waals surface area contributed by atoms with E-state index in [4.69, 9.17) is 4.43 Å². The third kappa shape index (κ3) is 6.91. The van der Waals surface area contributed by atoms with Gasteiger partial charge in [0, 0.05) is 8.07 Å². The first-order chi connectivity index (χ1) is 9.60. The first-order valence-corrected chi connectivity index (χ1v) is 14.1. The van der Waals surface area contributed by atoms with E-state index in [-0.39, 0.29) is 5.78 Å². The lowest BCUT2D eigenvalue weighted by atomic mass is 10.2. The number of ketones is 1. The minimum absolute atomic E-state index is 0.162. The molecule has 0 unspecified atom stereocenters. The molecule has 0 aliphatic rings. The van der Waals surface area contributed by atoms with Crippen LogP contribution in [-0.4, -0.2) is 22.2 Å². The molecule has 1 aromatic rings. The Balaban J connectivity index is 2.92. The molecule has 21 heavy (non-hydrogen) atoms. The van der Waals surface area contributed by atoms with Crippen molar-refractivity contribution in [2.24, 2.45) is 0 Å². The number of Topliss-reactive ketones (excluding diaryl/α,β-unsaturated/α-hetero) is 1. The van der Waals surface area contributed by atoms with Crippen LogP contribution in [0.1, 0.15) is 13.3 Å². The monoisotopic (exact) mass is 320 g/mol. The quantitative estimate of drug-likeness (QED) is 0.552. The molecular formula is C17H28O2Si2. The molecule has 2 nitrogen and oxygen atoms in total. The summed E-state index contributed by atoms with van der Waals surface area (Å²) in [4.78, 5) is 11.5. The Morgan fingerprint density at radius 3 is 2.14 bits per heavy atom. The van der Waals surface area contributed by atoms with E-state index in [1.807, 2.05) is 18.2 Å². The highest BCUT2D eigenvalue weighted by atomic mass is 28.4. The zero-order valence-corrected chi connectivity index (χ0v) is 16.2. The predicted octanol–water partition coefficient (Wildman–Crippen LogP) is 4.32. The highest BCUT2D eigenvalue weighted by Crippen LogP contribution is 2.18. The van der Waals surface area contributed by atoms with Crippen molar-refractivity contribution in [3.63, 3.8) is 0 Å². The van der Waals surface area contributed by atoms with Crippen LogP contribution in [0.15, 0.2) is 42.2 Å². The Morgan fingerprint density at radius 1 is 1.10 bits per heavy atom. The van der Waals surface area contributed by atoms with Gasteiger partial charge in [-0.2, -0.15) is 0 Å². The van der Waals surface area contributed by atoms with Crippen LogP contribution >= 0.6 is 0 Å². The Labute approximate surface area is 131 Å². The lowest BCUT2D eigenvalue weighted by Gasteiger charge is -2.27. The van der Waals surface area contributed by atoms with Crippen LogP contribution in [0, 0.1) is 0 Å². The number of hydrogen-bond donors (Lipinski definition) is 0. The standard InChI is InChI=1S/C17H28O2Si2/c1-15(18)14-16(12-13-20(2,3)4)19-21(5,6)17-10-8-7-9-11-17/h7-12H,13-14H2,1-6H3/b16-12-. The lowest BCUT2D eigenvalue weighted by molar-refractivity contribution is -0.116. The van der Waals surface area contributed by atoms with Gasteiger partial charge < -0.3 is 4.43 Å². The second-order valence-electron chi connectivity index (χ2n) is 7.29. The van der Waals surface area contributed by atoms with Crippen molar-refractivity contribution in [1.29, 1.82) is 0 Å². The third-order valence-electron chi connectivity index (χ3n) is 3.22. The van der Waals surface area contributed by atoms with E-state index >= 15 is 0 Å². The van der Waals surface area contributed by atoms with Crippen LogP contribution < -0.4 is 5.19 Å². The first-order valence-electron chi connectivity index (χ1n) is 7.53. The van der Waals surface area contributed by atoms with E-state index in [1.54, 1.807) is 6.92 Å². The van der Waals surface area contributed by atoms with Crippen LogP contribution in [-0.2, 0) is 9.22 Å². The smallest absolute Gasteiger partial charge is 0.276 e. The van der Waals surface area contributed by atoms with E-state index in [1.165, 1.54) is 5.19 Å². The van der Waals surface area contributed by atoms with Gasteiger partial charge in [0.1, 0.15) is 5.78 Å². The summed E-state index contributed by atoms with van der Waals surface area (Å²) in [6.07, 6.45) is 2.57. The van der Waals surface area contributed by atoms with Crippen LogP contribution in [0.2, 0.25) is 38.8 Å². The summed E-state index contributed by atoms with van der Waals surface area (Å²) in [5.41, 5.74) is 0. The molecule has 0 N–H and O–H groups in total. The van der Waals surface area contributed by atoms with Crippen LogP contribution in [0.4, 0.5) is 0 Å². The maximum Gasteiger partial charge on any atom is 0.276 e. The molecule has 0 amide bonds. The van der Waals surface area contributed by atoms with Gasteiger partial charge in [0.25, 0.3) is 8.32 Å². The van der Waals surface area contributed by atoms with Crippen LogP contribution in [0.5, 0.6) is 0 Å². The molecule has 116 valence electrons. The summed E-state index contributed by atoms with van der Waals surface area (Å²) in [5, 5.41) is 1.26. The average molecular weight is 321 g/mol. The molecule has 0 aliphatic carbocycles. The molecule has 1 aromatic carbocycles. The Morgan fingerprint density at radius 2 is 1.67 bits per heavy atom. The van der Waals surface area contributed by atoms with Gasteiger partial charge in [0.05, 0.1) is 12.2 Å². The van der Waals surface area contributed by atoms with Gasteiger partial charge in [-0.05, 0) is 31.2 Å². The summed E-state index contributed by atoms with van der Waals surface area (Å²) >= 11 is 0. The maximum atomic E-state index is 11.5. The molecule has 0 radical (unpaired) electrons. The van der Waals surface area contributed by atoms with E-state index in [9.17, 15) is 4.79 Å². The van der Waals surface area contributed by atoms with Crippen molar-refractivity contribution in [3.8, 4) is 0 Å². The molecule has 0 saturated heterocycles. The molecule has 0 spiro atoms. The first kappa shape index (κ1) is 17.9. The zero-order valence-electron chi connectivity index (χ0n) is 14.2. The average Bonchev–Trinajstić information content (AvgIpc) is 2.35. The number of carbonyl (C=O) groups excluding carboxylic acids is 1. The van der Waals surface area contributed by atoms with Gasteiger partial charge in [0.15, 0.2) is 0 Å². The maximum absolute atomic E-state index is 11.5. The second kappa shape index (κ2) is 7.23. The van der Waals surface area contributed by atoms with E-state index in [0.29, 0.717) is 6.42 Å². The number of allylic oxidation sites excluding steroid dienone is 2. The number of carbonyl (C=O) groups is 1. The Bertz CT molecular complexity index is 499. The normalized spacial score (nSPS) is 13.1. The molecule has 0 aromatic heterocycles. The number of hydrogen-bond acceptors (Lipinski definition) is 2. The molecule has 0 saturated carbocycles. The fraction of sp³-hybridized carbons (Fsp3) is 0.471. The van der Waals surface area contributed by atoms with Crippen LogP contribution in [0.25, 0.3) is 0 Å². The second-order valence-corrected chi connectivity index (χ2v) is 16.6. The van der Waals surface area contributed by atoms with Crippen molar-refractivity contribution in [1.82, 2.24) is 0 Å². The molecule has 0 aliphatic heterocycles. The minimum Gasteiger partial charge on any atom is -0.543 e. The van der Waals surface area contributed by atoms with Crippen molar-refractivity contribution in [2.45, 2.75) is 52.1 Å². The molecular weight excluding hydrogens is 292 g/mol. The third-order valence-corrected chi connectivity index (χ3v) is 7.15. The van der Waals surface area contributed by atoms with Gasteiger partial charge in [-0.1, -0.05) is 56.0 Å². The Kier molecular flexibility index (Phi) is 6.16. The van der Waals surface area contributed by atoms with Crippen molar-refractivity contribution >= 4 is 27.4 Å². The molecule has 0 heterocycles. The minimum atomic E-state index is -2.01. The lowest BCUT2D eigenvalue weighted by Crippen LogP contribution is -2.44. The SMILES string of the molecule is CC(=O)C/C(=C/C[Si](C)(C)C)O[Si](C)(C)c1ccccc1. The van der Waals surface area contributed by atoms with E-state index < -0.39 is 16.4 Å². The molecule has 0 bridgehead atoms. The summed E-state index contributed by atoms with van der Waals surface area (Å²) in [6.45, 7) is 13.0. The summed E-state index contributed by atoms with van der Waals surface area (Å²) in [7, 11) is -3.19. The summed E-state index contributed by atoms with van der Waals surface area (Å²) < 4.78 is 6.33. The van der Waals surface area contributed by atoms with E-state index in [0.717, 1.165) is 11.8 Å². The molecule has 1 rings (SSSR count). The molecule has 0 atom stereocenters. The van der Waals surface area contributed by atoms with Crippen LogP contribution in [0.3, 0.4) is 0 Å².